The summed E-state index contributed by atoms with van der Waals surface area (Å²) in [7, 11) is 1.92. The molecule has 0 radical (unpaired) electrons. The van der Waals surface area contributed by atoms with Crippen molar-refractivity contribution in [2.75, 3.05) is 11.9 Å². The molecule has 1 aromatic carbocycles. The van der Waals surface area contributed by atoms with E-state index in [0.29, 0.717) is 17.1 Å². The normalized spacial score (nSPS) is 10.8. The van der Waals surface area contributed by atoms with Gasteiger partial charge < -0.3 is 4.90 Å². The van der Waals surface area contributed by atoms with Crippen molar-refractivity contribution < 1.29 is 4.39 Å². The average Bonchev–Trinajstić information content (AvgIpc) is 3.12. The van der Waals surface area contributed by atoms with E-state index in [1.165, 1.54) is 17.4 Å². The number of halogens is 2. The van der Waals surface area contributed by atoms with E-state index >= 15 is 0 Å². The highest BCUT2D eigenvalue weighted by Gasteiger charge is 2.14. The van der Waals surface area contributed by atoms with E-state index in [-0.39, 0.29) is 5.82 Å². The number of rotatable bonds is 4. The van der Waals surface area contributed by atoms with Crippen LogP contribution in [0.15, 0.2) is 33.6 Å². The molecule has 21 heavy (non-hydrogen) atoms. The van der Waals surface area contributed by atoms with Crippen molar-refractivity contribution in [3.63, 3.8) is 0 Å². The first-order valence-electron chi connectivity index (χ1n) is 6.00. The van der Waals surface area contributed by atoms with Gasteiger partial charge in [-0.3, -0.25) is 0 Å². The smallest absolute Gasteiger partial charge is 0.208 e. The molecular weight excluding hydrogens is 375 g/mol. The van der Waals surface area contributed by atoms with Gasteiger partial charge in [-0.25, -0.2) is 9.37 Å². The number of anilines is 1. The van der Waals surface area contributed by atoms with Gasteiger partial charge in [-0.15, -0.1) is 21.5 Å². The van der Waals surface area contributed by atoms with E-state index in [1.807, 2.05) is 17.3 Å². The van der Waals surface area contributed by atoms with Crippen LogP contribution in [0.3, 0.4) is 0 Å². The standard InChI is InChI=1S/C13H10BrFN4S2/c1-19(5-9-6-20-7-16-9)13-18-17-12(21-13)10-4-8(14)2-3-11(10)15/h2-4,6-7H,5H2,1H3. The van der Waals surface area contributed by atoms with Crippen molar-refractivity contribution in [2.24, 2.45) is 0 Å². The molecule has 3 aromatic rings. The Morgan fingerprint density at radius 2 is 2.19 bits per heavy atom. The minimum atomic E-state index is -0.303. The molecule has 0 fully saturated rings. The van der Waals surface area contributed by atoms with Crippen LogP contribution in [0.5, 0.6) is 0 Å². The fraction of sp³-hybridized carbons (Fsp3) is 0.154. The zero-order valence-corrected chi connectivity index (χ0v) is 14.2. The molecule has 0 saturated heterocycles. The van der Waals surface area contributed by atoms with Crippen LogP contribution in [-0.2, 0) is 6.54 Å². The average molecular weight is 385 g/mol. The Morgan fingerprint density at radius 3 is 2.95 bits per heavy atom. The van der Waals surface area contributed by atoms with Crippen LogP contribution in [0.1, 0.15) is 5.69 Å². The minimum Gasteiger partial charge on any atom is -0.344 e. The monoisotopic (exact) mass is 384 g/mol. The van der Waals surface area contributed by atoms with Crippen LogP contribution in [0.2, 0.25) is 0 Å². The lowest BCUT2D eigenvalue weighted by Gasteiger charge is -2.12. The first-order chi connectivity index (χ1) is 10.1. The van der Waals surface area contributed by atoms with Crippen molar-refractivity contribution in [3.8, 4) is 10.6 Å². The summed E-state index contributed by atoms with van der Waals surface area (Å²) in [6.45, 7) is 0.652. The van der Waals surface area contributed by atoms with Crippen molar-refractivity contribution in [2.45, 2.75) is 6.54 Å². The number of nitrogens with zero attached hydrogens (tertiary/aromatic N) is 4. The molecular formula is C13H10BrFN4S2. The maximum absolute atomic E-state index is 13.9. The Balaban J connectivity index is 1.84. The van der Waals surface area contributed by atoms with Gasteiger partial charge in [-0.05, 0) is 18.2 Å². The summed E-state index contributed by atoms with van der Waals surface area (Å²) in [6.07, 6.45) is 0. The van der Waals surface area contributed by atoms with Crippen molar-refractivity contribution in [3.05, 3.63) is 45.1 Å². The Labute approximate surface area is 137 Å². The lowest BCUT2D eigenvalue weighted by atomic mass is 10.2. The summed E-state index contributed by atoms with van der Waals surface area (Å²) in [5.41, 5.74) is 3.23. The lowest BCUT2D eigenvalue weighted by molar-refractivity contribution is 0.630. The van der Waals surface area contributed by atoms with Crippen LogP contribution in [0, 0.1) is 5.82 Å². The van der Waals surface area contributed by atoms with Crippen molar-refractivity contribution in [1.82, 2.24) is 15.2 Å². The predicted octanol–water partition coefficient (Wildman–Crippen LogP) is 4.20. The molecule has 0 bridgehead atoms. The lowest BCUT2D eigenvalue weighted by Crippen LogP contribution is -2.16. The molecule has 0 unspecified atom stereocenters. The molecule has 0 atom stereocenters. The van der Waals surface area contributed by atoms with E-state index in [1.54, 1.807) is 29.0 Å². The fourth-order valence-corrected chi connectivity index (χ4v) is 3.50. The third kappa shape index (κ3) is 3.28. The summed E-state index contributed by atoms with van der Waals surface area (Å²) in [6, 6.07) is 4.79. The van der Waals surface area contributed by atoms with Gasteiger partial charge in [-0.1, -0.05) is 27.3 Å². The molecule has 108 valence electrons. The fourth-order valence-electron chi connectivity index (χ4n) is 1.77. The summed E-state index contributed by atoms with van der Waals surface area (Å²) >= 11 is 6.26. The van der Waals surface area contributed by atoms with E-state index < -0.39 is 0 Å². The number of aromatic nitrogens is 3. The van der Waals surface area contributed by atoms with E-state index in [9.17, 15) is 4.39 Å². The number of thiazole rings is 1. The summed E-state index contributed by atoms with van der Waals surface area (Å²) in [4.78, 5) is 6.19. The Morgan fingerprint density at radius 1 is 1.33 bits per heavy atom. The van der Waals surface area contributed by atoms with E-state index in [4.69, 9.17) is 0 Å². The van der Waals surface area contributed by atoms with Crippen molar-refractivity contribution >= 4 is 43.7 Å². The Bertz CT molecular complexity index is 744. The SMILES string of the molecule is CN(Cc1cscn1)c1nnc(-c2cc(Br)ccc2F)s1. The molecule has 0 amide bonds. The first kappa shape index (κ1) is 14.6. The Hall–Kier alpha value is -1.38. The molecule has 4 nitrogen and oxygen atoms in total. The molecule has 0 spiro atoms. The molecule has 3 rings (SSSR count). The molecule has 0 aliphatic heterocycles. The zero-order valence-electron chi connectivity index (χ0n) is 11.0. The van der Waals surface area contributed by atoms with Crippen LogP contribution in [0.4, 0.5) is 9.52 Å². The second-order valence-electron chi connectivity index (χ2n) is 4.35. The summed E-state index contributed by atoms with van der Waals surface area (Å²) < 4.78 is 14.7. The zero-order chi connectivity index (χ0) is 14.8. The van der Waals surface area contributed by atoms with Crippen LogP contribution < -0.4 is 4.90 Å². The van der Waals surface area contributed by atoms with Gasteiger partial charge in [0.25, 0.3) is 0 Å². The van der Waals surface area contributed by atoms with Gasteiger partial charge in [-0.2, -0.15) is 0 Å². The van der Waals surface area contributed by atoms with E-state index in [2.05, 4.69) is 31.1 Å². The highest BCUT2D eigenvalue weighted by Crippen LogP contribution is 2.32. The van der Waals surface area contributed by atoms with Gasteiger partial charge in [0.2, 0.25) is 5.13 Å². The number of hydrogen-bond acceptors (Lipinski definition) is 6. The predicted molar refractivity (Wildman–Crippen MR) is 87.2 cm³/mol. The molecule has 2 heterocycles. The first-order valence-corrected chi connectivity index (χ1v) is 8.56. The Kier molecular flexibility index (Phi) is 4.27. The molecule has 8 heteroatoms. The molecule has 0 aliphatic carbocycles. The molecule has 2 aromatic heterocycles. The van der Waals surface area contributed by atoms with Gasteiger partial charge in [0.1, 0.15) is 5.82 Å². The number of hydrogen-bond donors (Lipinski definition) is 0. The number of benzene rings is 1. The third-order valence-electron chi connectivity index (χ3n) is 2.78. The molecule has 0 aliphatic rings. The van der Waals surface area contributed by atoms with E-state index in [0.717, 1.165) is 15.3 Å². The summed E-state index contributed by atoms with van der Waals surface area (Å²) in [5, 5.41) is 11.5. The van der Waals surface area contributed by atoms with Gasteiger partial charge in [0, 0.05) is 22.5 Å². The van der Waals surface area contributed by atoms with Gasteiger partial charge >= 0.3 is 0 Å². The third-order valence-corrected chi connectivity index (χ3v) is 4.98. The molecule has 0 N–H and O–H groups in total. The van der Waals surface area contributed by atoms with Gasteiger partial charge in [0.05, 0.1) is 17.7 Å². The summed E-state index contributed by atoms with van der Waals surface area (Å²) in [5.74, 6) is -0.303. The van der Waals surface area contributed by atoms with Crippen LogP contribution in [0.25, 0.3) is 10.6 Å². The maximum atomic E-state index is 13.9. The molecule has 0 saturated carbocycles. The van der Waals surface area contributed by atoms with Crippen molar-refractivity contribution in [1.29, 1.82) is 0 Å². The highest BCUT2D eigenvalue weighted by atomic mass is 79.9. The highest BCUT2D eigenvalue weighted by molar-refractivity contribution is 9.10. The quantitative estimate of drug-likeness (QED) is 0.675. The minimum absolute atomic E-state index is 0.303. The largest absolute Gasteiger partial charge is 0.344 e. The second kappa shape index (κ2) is 6.17. The van der Waals surface area contributed by atoms with Crippen LogP contribution in [-0.4, -0.2) is 22.2 Å². The van der Waals surface area contributed by atoms with Gasteiger partial charge in [0.15, 0.2) is 5.01 Å². The second-order valence-corrected chi connectivity index (χ2v) is 6.94. The topological polar surface area (TPSA) is 41.9 Å². The van der Waals surface area contributed by atoms with Crippen LogP contribution >= 0.6 is 38.6 Å². The maximum Gasteiger partial charge on any atom is 0.208 e.